The minimum atomic E-state index is 0.109. The van der Waals surface area contributed by atoms with Crippen molar-refractivity contribution in [2.75, 3.05) is 0 Å². The van der Waals surface area contributed by atoms with Crippen molar-refractivity contribution in [2.45, 2.75) is 13.8 Å². The highest BCUT2D eigenvalue weighted by atomic mass is 16.1. The number of aromatic nitrogens is 1. The number of ketones is 1. The molecule has 0 saturated heterocycles. The molecule has 1 aliphatic rings. The average molecular weight is 261 g/mol. The molecule has 3 rings (SSSR count). The molecule has 0 bridgehead atoms. The van der Waals surface area contributed by atoms with E-state index in [1.54, 1.807) is 12.4 Å². The first kappa shape index (κ1) is 12.5. The molecule has 1 aromatic heterocycles. The summed E-state index contributed by atoms with van der Waals surface area (Å²) in [5, 5.41) is 2.19. The van der Waals surface area contributed by atoms with Crippen molar-refractivity contribution in [3.63, 3.8) is 0 Å². The third-order valence-corrected chi connectivity index (χ3v) is 3.74. The molecular weight excluding hydrogens is 246 g/mol. The van der Waals surface area contributed by atoms with E-state index in [-0.39, 0.29) is 5.78 Å². The monoisotopic (exact) mass is 261 g/mol. The highest BCUT2D eigenvalue weighted by Crippen LogP contribution is 2.20. The maximum absolute atomic E-state index is 12.6. The normalized spacial score (nSPS) is 16.5. The molecule has 2 nitrogen and oxygen atoms in total. The van der Waals surface area contributed by atoms with Gasteiger partial charge in [0.1, 0.15) is 0 Å². The average Bonchev–Trinajstić information content (AvgIpc) is 2.50. The van der Waals surface area contributed by atoms with Crippen LogP contribution >= 0.6 is 0 Å². The van der Waals surface area contributed by atoms with Gasteiger partial charge in [-0.1, -0.05) is 24.3 Å². The topological polar surface area (TPSA) is 30.0 Å². The molecule has 1 aliphatic carbocycles. The van der Waals surface area contributed by atoms with Gasteiger partial charge >= 0.3 is 0 Å². The van der Waals surface area contributed by atoms with Crippen LogP contribution in [0.25, 0.3) is 17.2 Å². The first-order chi connectivity index (χ1) is 9.68. The van der Waals surface area contributed by atoms with Crippen LogP contribution in [0.5, 0.6) is 0 Å². The van der Waals surface area contributed by atoms with Crippen molar-refractivity contribution in [3.05, 3.63) is 70.4 Å². The molecule has 20 heavy (non-hydrogen) atoms. The molecule has 2 heteroatoms. The fraction of sp³-hybridized carbons (Fsp3) is 0.111. The van der Waals surface area contributed by atoms with E-state index in [1.165, 1.54) is 0 Å². The van der Waals surface area contributed by atoms with Gasteiger partial charge < -0.3 is 0 Å². The van der Waals surface area contributed by atoms with Crippen molar-refractivity contribution < 1.29 is 4.79 Å². The first-order valence-electron chi connectivity index (χ1n) is 6.62. The van der Waals surface area contributed by atoms with E-state index >= 15 is 0 Å². The highest BCUT2D eigenvalue weighted by molar-refractivity contribution is 6.31. The second-order valence-corrected chi connectivity index (χ2v) is 4.96. The quantitative estimate of drug-likeness (QED) is 0.736. The van der Waals surface area contributed by atoms with E-state index < -0.39 is 0 Å². The van der Waals surface area contributed by atoms with Crippen LogP contribution in [0.1, 0.15) is 19.4 Å². The summed E-state index contributed by atoms with van der Waals surface area (Å²) in [5.41, 5.74) is 3.61. The predicted octanol–water partition coefficient (Wildman–Crippen LogP) is 2.09. The van der Waals surface area contributed by atoms with Crippen LogP contribution < -0.4 is 10.4 Å². The molecule has 0 radical (unpaired) electrons. The lowest BCUT2D eigenvalue weighted by Gasteiger charge is -2.14. The molecule has 0 spiro atoms. The van der Waals surface area contributed by atoms with Gasteiger partial charge in [-0.15, -0.1) is 0 Å². The minimum Gasteiger partial charge on any atom is -0.289 e. The summed E-state index contributed by atoms with van der Waals surface area (Å²) < 4.78 is 0. The second-order valence-electron chi connectivity index (χ2n) is 4.96. The van der Waals surface area contributed by atoms with Crippen LogP contribution in [0, 0.1) is 0 Å². The predicted molar refractivity (Wildman–Crippen MR) is 81.1 cm³/mol. The summed E-state index contributed by atoms with van der Waals surface area (Å²) in [4.78, 5) is 16.6. The Hall–Kier alpha value is -2.48. The standard InChI is InChI=1S/C18H15NO/c1-12-15-5-3-4-6-16(15)13(2)18(20)17(12)11-14-7-9-19-10-8-14/h3-11H,1-2H3. The third kappa shape index (κ3) is 1.99. The second kappa shape index (κ2) is 4.89. The Morgan fingerprint density at radius 1 is 0.900 bits per heavy atom. The largest absolute Gasteiger partial charge is 0.289 e. The van der Waals surface area contributed by atoms with E-state index in [0.29, 0.717) is 0 Å². The van der Waals surface area contributed by atoms with Gasteiger partial charge in [-0.2, -0.15) is 0 Å². The molecule has 1 aromatic carbocycles. The number of pyridine rings is 1. The lowest BCUT2D eigenvalue weighted by Crippen LogP contribution is -2.35. The van der Waals surface area contributed by atoms with E-state index in [1.807, 2.05) is 50.3 Å². The number of fused-ring (bicyclic) bond motifs is 1. The molecule has 0 N–H and O–H groups in total. The van der Waals surface area contributed by atoms with E-state index in [2.05, 4.69) is 11.1 Å². The Labute approximate surface area is 117 Å². The van der Waals surface area contributed by atoms with Gasteiger partial charge in [0.15, 0.2) is 5.78 Å². The molecule has 0 amide bonds. The molecule has 0 saturated carbocycles. The number of hydrogen-bond donors (Lipinski definition) is 0. The minimum absolute atomic E-state index is 0.109. The first-order valence-corrected chi connectivity index (χ1v) is 6.62. The third-order valence-electron chi connectivity index (χ3n) is 3.74. The maximum atomic E-state index is 12.6. The molecule has 2 aromatic rings. The van der Waals surface area contributed by atoms with E-state index in [0.717, 1.165) is 32.7 Å². The number of rotatable bonds is 1. The van der Waals surface area contributed by atoms with Gasteiger partial charge in [0.05, 0.1) is 0 Å². The number of allylic oxidation sites excluding steroid dienone is 1. The summed E-state index contributed by atoms with van der Waals surface area (Å²) in [6, 6.07) is 11.9. The van der Waals surface area contributed by atoms with Crippen LogP contribution in [-0.2, 0) is 4.79 Å². The summed E-state index contributed by atoms with van der Waals surface area (Å²) >= 11 is 0. The van der Waals surface area contributed by atoms with Crippen LogP contribution in [-0.4, -0.2) is 10.8 Å². The number of nitrogens with zero attached hydrogens (tertiary/aromatic N) is 1. The smallest absolute Gasteiger partial charge is 0.189 e. The lowest BCUT2D eigenvalue weighted by atomic mass is 9.88. The van der Waals surface area contributed by atoms with Gasteiger partial charge in [0.2, 0.25) is 0 Å². The van der Waals surface area contributed by atoms with Crippen molar-refractivity contribution in [2.24, 2.45) is 0 Å². The summed E-state index contributed by atoms with van der Waals surface area (Å²) in [7, 11) is 0. The molecule has 0 fully saturated rings. The Morgan fingerprint density at radius 3 is 2.15 bits per heavy atom. The summed E-state index contributed by atoms with van der Waals surface area (Å²) in [6.07, 6.45) is 5.41. The van der Waals surface area contributed by atoms with Crippen molar-refractivity contribution in [1.82, 2.24) is 4.98 Å². The molecule has 0 atom stereocenters. The Kier molecular flexibility index (Phi) is 3.07. The van der Waals surface area contributed by atoms with E-state index in [4.69, 9.17) is 0 Å². The van der Waals surface area contributed by atoms with Crippen molar-refractivity contribution in [3.8, 4) is 0 Å². The number of benzene rings is 1. The van der Waals surface area contributed by atoms with Crippen molar-refractivity contribution in [1.29, 1.82) is 0 Å². The highest BCUT2D eigenvalue weighted by Gasteiger charge is 2.19. The van der Waals surface area contributed by atoms with Crippen LogP contribution in [0.4, 0.5) is 0 Å². The molecule has 1 heterocycles. The van der Waals surface area contributed by atoms with Gasteiger partial charge in [0, 0.05) is 23.5 Å². The molecule has 98 valence electrons. The summed E-state index contributed by atoms with van der Waals surface area (Å²) in [5.74, 6) is 0.109. The number of carbonyl (C=O) groups is 1. The van der Waals surface area contributed by atoms with Gasteiger partial charge in [-0.3, -0.25) is 9.78 Å². The van der Waals surface area contributed by atoms with Crippen LogP contribution in [0.2, 0.25) is 0 Å². The zero-order valence-electron chi connectivity index (χ0n) is 11.6. The molecule has 0 unspecified atom stereocenters. The lowest BCUT2D eigenvalue weighted by molar-refractivity contribution is -0.110. The van der Waals surface area contributed by atoms with Crippen LogP contribution in [0.3, 0.4) is 0 Å². The molecule has 0 aliphatic heterocycles. The van der Waals surface area contributed by atoms with Crippen molar-refractivity contribution >= 4 is 23.0 Å². The van der Waals surface area contributed by atoms with Gasteiger partial charge in [-0.05, 0) is 53.6 Å². The van der Waals surface area contributed by atoms with E-state index in [9.17, 15) is 4.79 Å². The summed E-state index contributed by atoms with van der Waals surface area (Å²) in [6.45, 7) is 3.91. The zero-order chi connectivity index (χ0) is 14.1. The Morgan fingerprint density at radius 2 is 1.50 bits per heavy atom. The number of Topliss-reactive ketones (excluding diaryl/α,β-unsaturated/α-hetero) is 1. The molecular formula is C18H15NO. The fourth-order valence-electron chi connectivity index (χ4n) is 2.58. The SMILES string of the molecule is CC1=c2ccccc2=C(C)C(=Cc2ccncc2)C1=O. The Balaban J connectivity index is 2.29. The van der Waals surface area contributed by atoms with Gasteiger partial charge in [0.25, 0.3) is 0 Å². The fourth-order valence-corrected chi connectivity index (χ4v) is 2.58. The maximum Gasteiger partial charge on any atom is 0.189 e. The van der Waals surface area contributed by atoms with Crippen LogP contribution in [0.15, 0.2) is 54.4 Å². The number of carbonyl (C=O) groups excluding carboxylic acids is 1. The van der Waals surface area contributed by atoms with Gasteiger partial charge in [-0.25, -0.2) is 0 Å². The zero-order valence-corrected chi connectivity index (χ0v) is 11.6. The number of hydrogen-bond acceptors (Lipinski definition) is 2. The Bertz CT molecular complexity index is 829.